The Hall–Kier alpha value is -0.700. The van der Waals surface area contributed by atoms with Crippen molar-refractivity contribution in [1.29, 1.82) is 0 Å². The Morgan fingerprint density at radius 2 is 2.24 bits per heavy atom. The quantitative estimate of drug-likeness (QED) is 0.812. The van der Waals surface area contributed by atoms with Crippen molar-refractivity contribution in [3.63, 3.8) is 0 Å². The largest absolute Gasteiger partial charge is 0.398 e. The van der Waals surface area contributed by atoms with Crippen LogP contribution in [0.2, 0.25) is 0 Å². The minimum absolute atomic E-state index is 0.134. The van der Waals surface area contributed by atoms with Crippen LogP contribution in [0.1, 0.15) is 12.8 Å². The van der Waals surface area contributed by atoms with Crippen LogP contribution in [0, 0.1) is 11.7 Å². The maximum Gasteiger partial charge on any atom is 0.246 e. The van der Waals surface area contributed by atoms with E-state index in [9.17, 15) is 12.8 Å². The predicted molar refractivity (Wildman–Crippen MR) is 81.9 cm³/mol. The predicted octanol–water partition coefficient (Wildman–Crippen LogP) is 2.22. The van der Waals surface area contributed by atoms with Crippen molar-refractivity contribution in [2.24, 2.45) is 5.92 Å². The second-order valence-corrected chi connectivity index (χ2v) is 7.89. The lowest BCUT2D eigenvalue weighted by molar-refractivity contribution is 0.118. The van der Waals surface area contributed by atoms with E-state index < -0.39 is 15.8 Å². The molecule has 1 saturated heterocycles. The van der Waals surface area contributed by atoms with Crippen molar-refractivity contribution in [2.45, 2.75) is 17.7 Å². The molecule has 118 valence electrons. The molecule has 1 aliphatic heterocycles. The Bertz CT molecular complexity index is 622. The molecule has 1 atom stereocenters. The van der Waals surface area contributed by atoms with Gasteiger partial charge in [0.2, 0.25) is 10.0 Å². The molecule has 8 heteroatoms. The molecular weight excluding hydrogens is 363 g/mol. The van der Waals surface area contributed by atoms with Gasteiger partial charge in [0.15, 0.2) is 0 Å². The van der Waals surface area contributed by atoms with Crippen molar-refractivity contribution < 1.29 is 17.5 Å². The number of piperidine rings is 1. The standard InChI is InChI=1S/C13H18BrFN2O3S/c1-20-8-9-3-2-4-17(7-9)21(18,19)13-6-12(16)10(14)5-11(13)15/h5-6,9H,2-4,7-8,16H2,1H3. The fourth-order valence-corrected chi connectivity index (χ4v) is 4.45. The van der Waals surface area contributed by atoms with E-state index in [2.05, 4.69) is 15.9 Å². The topological polar surface area (TPSA) is 72.6 Å². The van der Waals surface area contributed by atoms with Crippen LogP contribution in [0.5, 0.6) is 0 Å². The lowest BCUT2D eigenvalue weighted by Gasteiger charge is -2.31. The van der Waals surface area contributed by atoms with Gasteiger partial charge < -0.3 is 10.5 Å². The number of nitrogen functional groups attached to an aromatic ring is 1. The molecule has 1 aromatic rings. The molecule has 0 aromatic heterocycles. The molecule has 0 bridgehead atoms. The van der Waals surface area contributed by atoms with Gasteiger partial charge >= 0.3 is 0 Å². The number of hydrogen-bond donors (Lipinski definition) is 1. The van der Waals surface area contributed by atoms with Crippen LogP contribution in [-0.2, 0) is 14.8 Å². The second-order valence-electron chi connectivity index (χ2n) is 5.13. The second kappa shape index (κ2) is 6.60. The van der Waals surface area contributed by atoms with Crippen molar-refractivity contribution in [1.82, 2.24) is 4.31 Å². The number of rotatable bonds is 4. The van der Waals surface area contributed by atoms with E-state index in [1.54, 1.807) is 7.11 Å². The molecule has 21 heavy (non-hydrogen) atoms. The van der Waals surface area contributed by atoms with Crippen LogP contribution in [0.15, 0.2) is 21.5 Å². The molecule has 0 radical (unpaired) electrons. The highest BCUT2D eigenvalue weighted by Crippen LogP contribution is 2.30. The fraction of sp³-hybridized carbons (Fsp3) is 0.538. The van der Waals surface area contributed by atoms with Crippen molar-refractivity contribution in [3.05, 3.63) is 22.4 Å². The SMILES string of the molecule is COCC1CCCN(S(=O)(=O)c2cc(N)c(Br)cc2F)C1. The average molecular weight is 381 g/mol. The minimum Gasteiger partial charge on any atom is -0.398 e. The zero-order valence-electron chi connectivity index (χ0n) is 11.7. The van der Waals surface area contributed by atoms with Crippen LogP contribution in [0.3, 0.4) is 0 Å². The Morgan fingerprint density at radius 3 is 2.90 bits per heavy atom. The van der Waals surface area contributed by atoms with Crippen LogP contribution in [0.4, 0.5) is 10.1 Å². The number of hydrogen-bond acceptors (Lipinski definition) is 4. The molecule has 2 rings (SSSR count). The van der Waals surface area contributed by atoms with Crippen LogP contribution in [-0.4, -0.2) is 39.5 Å². The Balaban J connectivity index is 2.31. The van der Waals surface area contributed by atoms with Gasteiger partial charge in [-0.15, -0.1) is 0 Å². The van der Waals surface area contributed by atoms with Gasteiger partial charge in [-0.3, -0.25) is 0 Å². The van der Waals surface area contributed by atoms with Crippen LogP contribution < -0.4 is 5.73 Å². The summed E-state index contributed by atoms with van der Waals surface area (Å²) in [6.07, 6.45) is 1.64. The average Bonchev–Trinajstić information content (AvgIpc) is 2.43. The van der Waals surface area contributed by atoms with E-state index in [0.717, 1.165) is 25.0 Å². The minimum atomic E-state index is -3.88. The van der Waals surface area contributed by atoms with Gasteiger partial charge in [-0.05, 0) is 46.8 Å². The third-order valence-electron chi connectivity index (χ3n) is 3.55. The van der Waals surface area contributed by atoms with Gasteiger partial charge in [-0.25, -0.2) is 12.8 Å². The molecule has 1 heterocycles. The molecule has 0 aliphatic carbocycles. The third-order valence-corrected chi connectivity index (χ3v) is 6.12. The molecular formula is C13H18BrFN2O3S. The third kappa shape index (κ3) is 3.56. The Morgan fingerprint density at radius 1 is 1.52 bits per heavy atom. The van der Waals surface area contributed by atoms with Crippen LogP contribution in [0.25, 0.3) is 0 Å². The number of halogens is 2. The van der Waals surface area contributed by atoms with Crippen molar-refractivity contribution in [3.8, 4) is 0 Å². The smallest absolute Gasteiger partial charge is 0.246 e. The van der Waals surface area contributed by atoms with Crippen molar-refractivity contribution in [2.75, 3.05) is 32.5 Å². The van der Waals surface area contributed by atoms with Gasteiger partial charge in [0.05, 0.1) is 6.61 Å². The van der Waals surface area contributed by atoms with Gasteiger partial charge in [-0.2, -0.15) is 4.31 Å². The first-order valence-corrected chi connectivity index (χ1v) is 8.83. The van der Waals surface area contributed by atoms with Gasteiger partial charge in [0.1, 0.15) is 10.7 Å². The number of ether oxygens (including phenoxy) is 1. The van der Waals surface area contributed by atoms with Gasteiger partial charge in [0.25, 0.3) is 0 Å². The molecule has 0 spiro atoms. The molecule has 0 saturated carbocycles. The number of methoxy groups -OCH3 is 1. The first-order chi connectivity index (χ1) is 9.86. The van der Waals surface area contributed by atoms with E-state index in [4.69, 9.17) is 10.5 Å². The summed E-state index contributed by atoms with van der Waals surface area (Å²) < 4.78 is 45.9. The number of sulfonamides is 1. The highest BCUT2D eigenvalue weighted by atomic mass is 79.9. The van der Waals surface area contributed by atoms with E-state index in [1.807, 2.05) is 0 Å². The van der Waals surface area contributed by atoms with E-state index in [1.165, 1.54) is 4.31 Å². The maximum atomic E-state index is 14.0. The molecule has 5 nitrogen and oxygen atoms in total. The van der Waals surface area contributed by atoms with Gasteiger partial charge in [-0.1, -0.05) is 0 Å². The summed E-state index contributed by atoms with van der Waals surface area (Å²) in [5, 5.41) is 0. The van der Waals surface area contributed by atoms with Gasteiger partial charge in [0, 0.05) is 30.4 Å². The van der Waals surface area contributed by atoms with Crippen molar-refractivity contribution >= 4 is 31.6 Å². The zero-order valence-corrected chi connectivity index (χ0v) is 14.1. The zero-order chi connectivity index (χ0) is 15.6. The summed E-state index contributed by atoms with van der Waals surface area (Å²) in [6.45, 7) is 1.22. The molecule has 1 fully saturated rings. The first kappa shape index (κ1) is 16.7. The molecule has 1 unspecified atom stereocenters. The molecule has 1 aromatic carbocycles. The number of nitrogens with two attached hydrogens (primary N) is 1. The van der Waals surface area contributed by atoms with Crippen LogP contribution >= 0.6 is 15.9 Å². The van der Waals surface area contributed by atoms with E-state index >= 15 is 0 Å². The first-order valence-electron chi connectivity index (χ1n) is 6.60. The summed E-state index contributed by atoms with van der Waals surface area (Å²) in [4.78, 5) is -0.374. The summed E-state index contributed by atoms with van der Waals surface area (Å²) in [5.74, 6) is -0.667. The summed E-state index contributed by atoms with van der Waals surface area (Å²) in [7, 11) is -2.30. The Kier molecular flexibility index (Phi) is 5.24. The lowest BCUT2D eigenvalue weighted by Crippen LogP contribution is -2.41. The Labute approximate surface area is 132 Å². The summed E-state index contributed by atoms with van der Waals surface area (Å²) >= 11 is 3.08. The molecule has 0 amide bonds. The fourth-order valence-electron chi connectivity index (χ4n) is 2.50. The summed E-state index contributed by atoms with van der Waals surface area (Å²) in [6, 6.07) is 2.24. The highest BCUT2D eigenvalue weighted by molar-refractivity contribution is 9.10. The van der Waals surface area contributed by atoms with E-state index in [-0.39, 0.29) is 16.5 Å². The highest BCUT2D eigenvalue weighted by Gasteiger charge is 2.32. The lowest BCUT2D eigenvalue weighted by atomic mass is 10.0. The number of nitrogens with zero attached hydrogens (tertiary/aromatic N) is 1. The van der Waals surface area contributed by atoms with E-state index in [0.29, 0.717) is 24.2 Å². The normalized spacial score (nSPS) is 20.6. The number of benzene rings is 1. The summed E-state index contributed by atoms with van der Waals surface area (Å²) in [5.41, 5.74) is 5.87. The maximum absolute atomic E-state index is 14.0. The molecule has 2 N–H and O–H groups in total. The monoisotopic (exact) mass is 380 g/mol. The molecule has 1 aliphatic rings. The number of anilines is 1.